The number of rotatable bonds is 8. The Labute approximate surface area is 141 Å². The lowest BCUT2D eigenvalue weighted by Gasteiger charge is -2.19. The van der Waals surface area contributed by atoms with Gasteiger partial charge in [-0.1, -0.05) is 24.3 Å². The summed E-state index contributed by atoms with van der Waals surface area (Å²) in [7, 11) is 0. The monoisotopic (exact) mass is 333 g/mol. The number of amides is 1. The Morgan fingerprint density at radius 2 is 2.00 bits per heavy atom. The molecule has 0 bridgehead atoms. The first-order valence-corrected chi connectivity index (χ1v) is 8.09. The molecular formula is C18H23NO5. The summed E-state index contributed by atoms with van der Waals surface area (Å²) in [6, 6.07) is 5.97. The normalized spacial score (nSPS) is 18.1. The van der Waals surface area contributed by atoms with Crippen molar-refractivity contribution >= 4 is 11.9 Å². The molecular weight excluding hydrogens is 310 g/mol. The van der Waals surface area contributed by atoms with Crippen LogP contribution in [0, 0.1) is 5.92 Å². The second-order valence-corrected chi connectivity index (χ2v) is 5.90. The maximum absolute atomic E-state index is 12.1. The third kappa shape index (κ3) is 5.47. The van der Waals surface area contributed by atoms with Gasteiger partial charge in [0, 0.05) is 13.2 Å². The summed E-state index contributed by atoms with van der Waals surface area (Å²) in [6.45, 7) is 0.746. The zero-order valence-electron chi connectivity index (χ0n) is 13.5. The lowest BCUT2D eigenvalue weighted by Crippen LogP contribution is -2.35. The summed E-state index contributed by atoms with van der Waals surface area (Å²) < 4.78 is 5.51. The lowest BCUT2D eigenvalue weighted by atomic mass is 9.95. The predicted octanol–water partition coefficient (Wildman–Crippen LogP) is 1.85. The number of nitrogens with one attached hydrogen (secondary N) is 1. The van der Waals surface area contributed by atoms with Gasteiger partial charge < -0.3 is 20.3 Å². The average Bonchev–Trinajstić information content (AvgIpc) is 2.60. The maximum atomic E-state index is 12.1. The fourth-order valence-electron chi connectivity index (χ4n) is 2.61. The smallest absolute Gasteiger partial charge is 0.336 e. The van der Waals surface area contributed by atoms with Gasteiger partial charge in [-0.25, -0.2) is 4.79 Å². The van der Waals surface area contributed by atoms with E-state index < -0.39 is 18.0 Å². The van der Waals surface area contributed by atoms with Crippen molar-refractivity contribution in [2.45, 2.75) is 25.4 Å². The average molecular weight is 333 g/mol. The molecule has 0 saturated carbocycles. The van der Waals surface area contributed by atoms with Gasteiger partial charge in [0.25, 0.3) is 5.91 Å². The van der Waals surface area contributed by atoms with Crippen LogP contribution in [-0.4, -0.2) is 48.0 Å². The molecule has 0 saturated heterocycles. The van der Waals surface area contributed by atoms with E-state index in [1.165, 1.54) is 12.1 Å². The first-order chi connectivity index (χ1) is 11.6. The number of carboxylic acid groups (broad SMARTS) is 1. The number of aliphatic hydroxyl groups is 1. The van der Waals surface area contributed by atoms with Crippen LogP contribution < -0.4 is 5.32 Å². The van der Waals surface area contributed by atoms with Gasteiger partial charge in [0.15, 0.2) is 0 Å². The van der Waals surface area contributed by atoms with Crippen LogP contribution in [0.1, 0.15) is 40.0 Å². The van der Waals surface area contributed by atoms with Crippen LogP contribution in [0.3, 0.4) is 0 Å². The highest BCUT2D eigenvalue weighted by Crippen LogP contribution is 2.18. The van der Waals surface area contributed by atoms with Crippen molar-refractivity contribution in [2.75, 3.05) is 19.8 Å². The molecule has 6 heteroatoms. The van der Waals surface area contributed by atoms with Gasteiger partial charge in [-0.2, -0.15) is 0 Å². The molecule has 0 spiro atoms. The third-order valence-corrected chi connectivity index (χ3v) is 3.94. The zero-order valence-corrected chi connectivity index (χ0v) is 13.5. The molecule has 2 atom stereocenters. The number of ether oxygens (including phenoxy) is 1. The predicted molar refractivity (Wildman–Crippen MR) is 89.0 cm³/mol. The number of aliphatic hydroxyl groups excluding tert-OH is 1. The minimum absolute atomic E-state index is 0.0113. The van der Waals surface area contributed by atoms with E-state index in [2.05, 4.69) is 17.5 Å². The van der Waals surface area contributed by atoms with E-state index in [4.69, 9.17) is 9.84 Å². The Bertz CT molecular complexity index is 599. The van der Waals surface area contributed by atoms with Crippen molar-refractivity contribution in [3.63, 3.8) is 0 Å². The quantitative estimate of drug-likeness (QED) is 0.631. The molecule has 0 radical (unpaired) electrons. The number of hydrogen-bond acceptors (Lipinski definition) is 4. The number of carbonyl (C=O) groups is 2. The molecule has 130 valence electrons. The number of carbonyl (C=O) groups excluding carboxylic acids is 1. The fraction of sp³-hybridized carbons (Fsp3) is 0.444. The van der Waals surface area contributed by atoms with Crippen LogP contribution in [0.2, 0.25) is 0 Å². The highest BCUT2D eigenvalue weighted by atomic mass is 16.5. The molecule has 6 nitrogen and oxygen atoms in total. The van der Waals surface area contributed by atoms with Gasteiger partial charge in [-0.15, -0.1) is 0 Å². The maximum Gasteiger partial charge on any atom is 0.336 e. The summed E-state index contributed by atoms with van der Waals surface area (Å²) in [5.74, 6) is -1.20. The lowest BCUT2D eigenvalue weighted by molar-refractivity contribution is 0.0201. The van der Waals surface area contributed by atoms with Gasteiger partial charge in [0.05, 0.1) is 23.8 Å². The minimum Gasteiger partial charge on any atom is -0.478 e. The molecule has 1 aromatic carbocycles. The summed E-state index contributed by atoms with van der Waals surface area (Å²) in [6.07, 6.45) is 6.64. The molecule has 0 aliphatic heterocycles. The van der Waals surface area contributed by atoms with E-state index in [-0.39, 0.29) is 24.3 Å². The summed E-state index contributed by atoms with van der Waals surface area (Å²) in [5.41, 5.74) is 0.0122. The van der Waals surface area contributed by atoms with Crippen molar-refractivity contribution in [2.24, 2.45) is 5.92 Å². The van der Waals surface area contributed by atoms with Gasteiger partial charge in [-0.3, -0.25) is 4.79 Å². The first kappa shape index (κ1) is 18.2. The van der Waals surface area contributed by atoms with Crippen LogP contribution in [0.5, 0.6) is 0 Å². The van der Waals surface area contributed by atoms with Gasteiger partial charge >= 0.3 is 5.97 Å². The van der Waals surface area contributed by atoms with E-state index in [9.17, 15) is 14.7 Å². The van der Waals surface area contributed by atoms with E-state index in [1.807, 2.05) is 0 Å². The van der Waals surface area contributed by atoms with E-state index >= 15 is 0 Å². The molecule has 24 heavy (non-hydrogen) atoms. The standard InChI is InChI=1S/C18H23NO5/c20-14(12-24-11-13-6-2-1-3-7-13)10-19-17(21)15-8-4-5-9-16(15)18(22)23/h1-2,4-5,8-9,13-14,20H,3,6-7,10-12H2,(H,19,21)(H,22,23)/t13-,14-/m1/s1. The van der Waals surface area contributed by atoms with Crippen molar-refractivity contribution in [3.8, 4) is 0 Å². The molecule has 1 aliphatic rings. The van der Waals surface area contributed by atoms with Crippen molar-refractivity contribution < 1.29 is 24.5 Å². The Morgan fingerprint density at radius 1 is 1.25 bits per heavy atom. The van der Waals surface area contributed by atoms with Crippen LogP contribution in [0.4, 0.5) is 0 Å². The molecule has 1 aromatic rings. The van der Waals surface area contributed by atoms with Crippen LogP contribution in [0.15, 0.2) is 36.4 Å². The van der Waals surface area contributed by atoms with Crippen molar-refractivity contribution in [1.29, 1.82) is 0 Å². The van der Waals surface area contributed by atoms with Crippen molar-refractivity contribution in [1.82, 2.24) is 5.32 Å². The highest BCUT2D eigenvalue weighted by Gasteiger charge is 2.17. The molecule has 0 aromatic heterocycles. The van der Waals surface area contributed by atoms with Gasteiger partial charge in [-0.05, 0) is 37.3 Å². The number of benzene rings is 1. The number of aromatic carboxylic acids is 1. The molecule has 3 N–H and O–H groups in total. The molecule has 1 amide bonds. The Morgan fingerprint density at radius 3 is 2.67 bits per heavy atom. The Hall–Kier alpha value is -2.18. The highest BCUT2D eigenvalue weighted by molar-refractivity contribution is 6.04. The van der Waals surface area contributed by atoms with E-state index in [1.54, 1.807) is 12.1 Å². The second-order valence-electron chi connectivity index (χ2n) is 5.90. The number of carboxylic acids is 1. The molecule has 1 aliphatic carbocycles. The summed E-state index contributed by atoms with van der Waals surface area (Å²) in [5, 5.41) is 21.5. The van der Waals surface area contributed by atoms with Crippen molar-refractivity contribution in [3.05, 3.63) is 47.5 Å². The van der Waals surface area contributed by atoms with Crippen LogP contribution in [0.25, 0.3) is 0 Å². The molecule has 0 heterocycles. The molecule has 2 rings (SSSR count). The summed E-state index contributed by atoms with van der Waals surface area (Å²) >= 11 is 0. The number of allylic oxidation sites excluding steroid dienone is 2. The van der Waals surface area contributed by atoms with Gasteiger partial charge in [0.2, 0.25) is 0 Å². The molecule has 0 fully saturated rings. The topological polar surface area (TPSA) is 95.9 Å². The SMILES string of the molecule is O=C(O)c1ccccc1C(=O)NC[C@@H](O)COC[C@@H]1CC=CCC1. The zero-order chi connectivity index (χ0) is 17.4. The second kappa shape index (κ2) is 9.20. The van der Waals surface area contributed by atoms with E-state index in [0.717, 1.165) is 19.3 Å². The molecule has 0 unspecified atom stereocenters. The Kier molecular flexibility index (Phi) is 6.96. The van der Waals surface area contributed by atoms with Crippen LogP contribution >= 0.6 is 0 Å². The largest absolute Gasteiger partial charge is 0.478 e. The van der Waals surface area contributed by atoms with Crippen LogP contribution in [-0.2, 0) is 4.74 Å². The Balaban J connectivity index is 1.73. The third-order valence-electron chi connectivity index (χ3n) is 3.94. The minimum atomic E-state index is -1.16. The fourth-order valence-corrected chi connectivity index (χ4v) is 2.61. The summed E-state index contributed by atoms with van der Waals surface area (Å²) in [4.78, 5) is 23.2. The van der Waals surface area contributed by atoms with E-state index in [0.29, 0.717) is 12.5 Å². The number of hydrogen-bond donors (Lipinski definition) is 3. The van der Waals surface area contributed by atoms with Gasteiger partial charge in [0.1, 0.15) is 0 Å². The first-order valence-electron chi connectivity index (χ1n) is 8.09.